The van der Waals surface area contributed by atoms with E-state index < -0.39 is 0 Å². The van der Waals surface area contributed by atoms with Crippen LogP contribution in [0.3, 0.4) is 0 Å². The fourth-order valence-corrected chi connectivity index (χ4v) is 2.77. The first kappa shape index (κ1) is 20.5. The van der Waals surface area contributed by atoms with Crippen molar-refractivity contribution in [3.63, 3.8) is 0 Å². The quantitative estimate of drug-likeness (QED) is 0.623. The van der Waals surface area contributed by atoms with E-state index in [1.807, 2.05) is 55.5 Å². The van der Waals surface area contributed by atoms with E-state index in [1.54, 1.807) is 13.1 Å². The van der Waals surface area contributed by atoms with Crippen LogP contribution in [0, 0.1) is 0 Å². The Balaban J connectivity index is 0.00000261. The van der Waals surface area contributed by atoms with Gasteiger partial charge in [-0.1, -0.05) is 30.3 Å². The van der Waals surface area contributed by atoms with Gasteiger partial charge < -0.3 is 27.2 Å². The maximum Gasteiger partial charge on any atom is 0.341 e. The molecular formula is C21H22ClN2O3-. The summed E-state index contributed by atoms with van der Waals surface area (Å²) in [5, 5.41) is 4.22. The Morgan fingerprint density at radius 1 is 1.07 bits per heavy atom. The molecule has 27 heavy (non-hydrogen) atoms. The number of esters is 1. The van der Waals surface area contributed by atoms with E-state index in [4.69, 9.17) is 9.47 Å². The zero-order valence-corrected chi connectivity index (χ0v) is 16.1. The molecule has 2 aromatic carbocycles. The van der Waals surface area contributed by atoms with Crippen molar-refractivity contribution >= 4 is 22.6 Å². The molecule has 5 nitrogen and oxygen atoms in total. The summed E-state index contributed by atoms with van der Waals surface area (Å²) < 4.78 is 10.8. The summed E-state index contributed by atoms with van der Waals surface area (Å²) in [5.41, 5.74) is 3.04. The molecule has 0 saturated heterocycles. The highest BCUT2D eigenvalue weighted by Gasteiger charge is 2.17. The normalized spacial score (nSPS) is 10.1. The number of pyridine rings is 1. The summed E-state index contributed by atoms with van der Waals surface area (Å²) in [7, 11) is 0. The molecule has 1 N–H and O–H groups in total. The van der Waals surface area contributed by atoms with Crippen molar-refractivity contribution in [2.75, 3.05) is 18.5 Å². The topological polar surface area (TPSA) is 60.5 Å². The summed E-state index contributed by atoms with van der Waals surface area (Å²) in [4.78, 5) is 16.8. The second-order valence-corrected chi connectivity index (χ2v) is 5.72. The molecule has 0 aliphatic carbocycles. The van der Waals surface area contributed by atoms with Gasteiger partial charge in [-0.2, -0.15) is 0 Å². The molecule has 3 aromatic rings. The number of carbonyl (C=O) groups is 1. The summed E-state index contributed by atoms with van der Waals surface area (Å²) in [5.74, 6) is 0.352. The third kappa shape index (κ3) is 4.89. The van der Waals surface area contributed by atoms with Crippen molar-refractivity contribution in [1.82, 2.24) is 4.98 Å². The van der Waals surface area contributed by atoms with Gasteiger partial charge in [-0.25, -0.2) is 4.79 Å². The molecule has 0 spiro atoms. The van der Waals surface area contributed by atoms with Crippen molar-refractivity contribution in [2.45, 2.75) is 20.4 Å². The number of ether oxygens (including phenoxy) is 2. The second kappa shape index (κ2) is 9.78. The van der Waals surface area contributed by atoms with Crippen LogP contribution < -0.4 is 22.5 Å². The summed E-state index contributed by atoms with van der Waals surface area (Å²) in [6.07, 6.45) is 1.56. The van der Waals surface area contributed by atoms with Crippen molar-refractivity contribution in [1.29, 1.82) is 0 Å². The van der Waals surface area contributed by atoms with Crippen LogP contribution in [-0.4, -0.2) is 24.2 Å². The summed E-state index contributed by atoms with van der Waals surface area (Å²) in [6.45, 7) is 5.20. The fourth-order valence-electron chi connectivity index (χ4n) is 2.77. The first-order chi connectivity index (χ1) is 12.7. The lowest BCUT2D eigenvalue weighted by atomic mass is 10.1. The number of halogens is 1. The predicted octanol–water partition coefficient (Wildman–Crippen LogP) is 1.43. The van der Waals surface area contributed by atoms with E-state index in [0.29, 0.717) is 31.0 Å². The number of aromatic nitrogens is 1. The third-order valence-electron chi connectivity index (χ3n) is 3.96. The van der Waals surface area contributed by atoms with Crippen molar-refractivity contribution in [3.05, 3.63) is 65.9 Å². The molecule has 0 saturated carbocycles. The van der Waals surface area contributed by atoms with Gasteiger partial charge in [-0.05, 0) is 37.6 Å². The third-order valence-corrected chi connectivity index (χ3v) is 3.96. The van der Waals surface area contributed by atoms with Crippen LogP contribution in [0.5, 0.6) is 5.75 Å². The van der Waals surface area contributed by atoms with Crippen LogP contribution in [0.1, 0.15) is 29.8 Å². The molecule has 0 atom stereocenters. The number of benzene rings is 2. The molecule has 0 amide bonds. The first-order valence-corrected chi connectivity index (χ1v) is 8.73. The van der Waals surface area contributed by atoms with Crippen LogP contribution >= 0.6 is 0 Å². The van der Waals surface area contributed by atoms with Gasteiger partial charge in [0.25, 0.3) is 0 Å². The Morgan fingerprint density at radius 2 is 1.85 bits per heavy atom. The van der Waals surface area contributed by atoms with E-state index in [0.717, 1.165) is 22.2 Å². The van der Waals surface area contributed by atoms with Crippen LogP contribution in [-0.2, 0) is 11.3 Å². The van der Waals surface area contributed by atoms with E-state index in [1.165, 1.54) is 0 Å². The Bertz CT molecular complexity index is 901. The minimum absolute atomic E-state index is 0. The average Bonchev–Trinajstić information content (AvgIpc) is 2.67. The number of rotatable bonds is 7. The van der Waals surface area contributed by atoms with Crippen LogP contribution in [0.25, 0.3) is 10.9 Å². The van der Waals surface area contributed by atoms with Crippen LogP contribution in [0.15, 0.2) is 54.7 Å². The smallest absolute Gasteiger partial charge is 0.341 e. The predicted molar refractivity (Wildman–Crippen MR) is 103 cm³/mol. The molecule has 0 radical (unpaired) electrons. The highest BCUT2D eigenvalue weighted by molar-refractivity contribution is 6.05. The zero-order valence-electron chi connectivity index (χ0n) is 15.4. The minimum Gasteiger partial charge on any atom is -1.00 e. The molecule has 6 heteroatoms. The van der Waals surface area contributed by atoms with Gasteiger partial charge in [0.2, 0.25) is 0 Å². The number of anilines is 1. The van der Waals surface area contributed by atoms with Gasteiger partial charge in [0.1, 0.15) is 11.3 Å². The molecule has 0 aliphatic rings. The van der Waals surface area contributed by atoms with E-state index >= 15 is 0 Å². The maximum absolute atomic E-state index is 12.4. The number of carbonyl (C=O) groups excluding carboxylic acids is 1. The summed E-state index contributed by atoms with van der Waals surface area (Å²) in [6, 6.07) is 15.7. The number of hydrogen-bond acceptors (Lipinski definition) is 5. The Hall–Kier alpha value is -2.79. The highest BCUT2D eigenvalue weighted by atomic mass is 35.5. The lowest BCUT2D eigenvalue weighted by Crippen LogP contribution is -3.00. The van der Waals surface area contributed by atoms with Gasteiger partial charge in [0.05, 0.1) is 24.4 Å². The molecule has 3 rings (SSSR count). The average molecular weight is 386 g/mol. The lowest BCUT2D eigenvalue weighted by Gasteiger charge is -2.15. The fraction of sp³-hybridized carbons (Fsp3) is 0.238. The summed E-state index contributed by atoms with van der Waals surface area (Å²) >= 11 is 0. The van der Waals surface area contributed by atoms with Gasteiger partial charge in [-0.15, -0.1) is 0 Å². The van der Waals surface area contributed by atoms with E-state index in [9.17, 15) is 4.79 Å². The van der Waals surface area contributed by atoms with E-state index in [2.05, 4.69) is 10.3 Å². The monoisotopic (exact) mass is 385 g/mol. The molecular weight excluding hydrogens is 364 g/mol. The molecule has 1 aromatic heterocycles. The van der Waals surface area contributed by atoms with E-state index in [-0.39, 0.29) is 18.4 Å². The highest BCUT2D eigenvalue weighted by Crippen LogP contribution is 2.30. The molecule has 1 heterocycles. The van der Waals surface area contributed by atoms with Gasteiger partial charge in [0, 0.05) is 18.1 Å². The first-order valence-electron chi connectivity index (χ1n) is 8.73. The van der Waals surface area contributed by atoms with Crippen molar-refractivity contribution < 1.29 is 26.7 Å². The molecule has 0 bridgehead atoms. The Morgan fingerprint density at radius 3 is 2.56 bits per heavy atom. The largest absolute Gasteiger partial charge is 1.00 e. The zero-order chi connectivity index (χ0) is 18.4. The second-order valence-electron chi connectivity index (χ2n) is 5.72. The number of nitrogens with one attached hydrogen (secondary N) is 1. The maximum atomic E-state index is 12.4. The molecule has 142 valence electrons. The van der Waals surface area contributed by atoms with Gasteiger partial charge in [-0.3, -0.25) is 4.98 Å². The molecule has 0 fully saturated rings. The van der Waals surface area contributed by atoms with Gasteiger partial charge in [0.15, 0.2) is 0 Å². The van der Waals surface area contributed by atoms with Crippen molar-refractivity contribution in [3.8, 4) is 5.75 Å². The molecule has 0 aliphatic heterocycles. The lowest BCUT2D eigenvalue weighted by molar-refractivity contribution is -0.0000240. The minimum atomic E-state index is -0.390. The SMILES string of the molecule is CCOC(=O)c1cnc2ccc(OCC)cc2c1NCc1ccccc1.[Cl-]. The Kier molecular flexibility index (Phi) is 7.44. The number of nitrogens with zero attached hydrogens (tertiary/aromatic N) is 1. The number of hydrogen-bond donors (Lipinski definition) is 1. The molecule has 0 unspecified atom stereocenters. The van der Waals surface area contributed by atoms with Crippen LogP contribution in [0.4, 0.5) is 5.69 Å². The van der Waals surface area contributed by atoms with Gasteiger partial charge >= 0.3 is 5.97 Å². The van der Waals surface area contributed by atoms with Crippen LogP contribution in [0.2, 0.25) is 0 Å². The number of fused-ring (bicyclic) bond motifs is 1. The standard InChI is InChI=1S/C21H22N2O3.ClH/c1-3-25-16-10-11-19-17(12-16)20(18(14-22-19)21(24)26-4-2)23-13-15-8-6-5-7-9-15;/h5-12,14H,3-4,13H2,1-2H3,(H,22,23);1H/p-1. The Labute approximate surface area is 165 Å². The van der Waals surface area contributed by atoms with Crippen molar-refractivity contribution in [2.24, 2.45) is 0 Å².